The lowest BCUT2D eigenvalue weighted by Crippen LogP contribution is -2.29. The Bertz CT molecular complexity index is 927. The van der Waals surface area contributed by atoms with Crippen LogP contribution in [0.5, 0.6) is 5.75 Å². The molecule has 3 rings (SSSR count). The van der Waals surface area contributed by atoms with Crippen LogP contribution < -0.4 is 10.5 Å². The third kappa shape index (κ3) is 4.00. The van der Waals surface area contributed by atoms with Crippen LogP contribution in [0.4, 0.5) is 4.39 Å². The van der Waals surface area contributed by atoms with Crippen molar-refractivity contribution < 1.29 is 18.7 Å². The Morgan fingerprint density at radius 3 is 2.50 bits per heavy atom. The molecule has 2 aromatic carbocycles. The van der Waals surface area contributed by atoms with Gasteiger partial charge in [-0.1, -0.05) is 18.2 Å². The monoisotopic (exact) mass is 358 g/mol. The van der Waals surface area contributed by atoms with E-state index in [0.29, 0.717) is 11.3 Å². The van der Waals surface area contributed by atoms with Gasteiger partial charge in [-0.25, -0.2) is 9.18 Å². The number of ether oxygens (including phenoxy) is 1. The minimum Gasteiger partial charge on any atom is -0.490 e. The van der Waals surface area contributed by atoms with Crippen LogP contribution >= 0.6 is 0 Å². The molecule has 7 heteroatoms. The number of nitrogens with zero attached hydrogens (tertiary/aromatic N) is 2. The Hall–Kier alpha value is -2.93. The van der Waals surface area contributed by atoms with E-state index in [1.165, 1.54) is 24.3 Å². The van der Waals surface area contributed by atoms with Crippen LogP contribution in [-0.4, -0.2) is 27.6 Å². The van der Waals surface area contributed by atoms with Crippen molar-refractivity contribution in [2.45, 2.75) is 26.5 Å². The third-order valence-electron chi connectivity index (χ3n) is 3.91. The van der Waals surface area contributed by atoms with Crippen molar-refractivity contribution in [3.8, 4) is 17.2 Å². The summed E-state index contributed by atoms with van der Waals surface area (Å²) in [6.45, 7) is 3.78. The van der Waals surface area contributed by atoms with Crippen LogP contribution in [0.15, 0.2) is 51.7 Å². The lowest BCUT2D eigenvalue weighted by molar-refractivity contribution is 0.0869. The number of hydrogen-bond donors (Lipinski definition) is 1. The van der Waals surface area contributed by atoms with Crippen molar-refractivity contribution in [2.75, 3.05) is 6.61 Å². The van der Waals surface area contributed by atoms with Crippen molar-refractivity contribution in [2.24, 2.45) is 0 Å². The van der Waals surface area contributed by atoms with Gasteiger partial charge in [-0.15, -0.1) is 5.10 Å². The Morgan fingerprint density at radius 2 is 1.85 bits per heavy atom. The first-order chi connectivity index (χ1) is 12.4. The average Bonchev–Trinajstić information content (AvgIpc) is 2.95. The number of benzene rings is 2. The zero-order valence-corrected chi connectivity index (χ0v) is 14.5. The molecule has 136 valence electrons. The Labute approximate surface area is 149 Å². The molecule has 1 aromatic heterocycles. The summed E-state index contributed by atoms with van der Waals surface area (Å²) in [4.78, 5) is 11.9. The molecule has 26 heavy (non-hydrogen) atoms. The van der Waals surface area contributed by atoms with Crippen molar-refractivity contribution in [1.82, 2.24) is 9.78 Å². The Kier molecular flexibility index (Phi) is 5.18. The SMILES string of the molecule is Cc1cccc(C)c1OCC(O)Cn1nc(-c2ccc(F)cc2)oc1=O. The Balaban J connectivity index is 1.67. The summed E-state index contributed by atoms with van der Waals surface area (Å²) in [5, 5.41) is 14.2. The molecular weight excluding hydrogens is 339 g/mol. The fourth-order valence-electron chi connectivity index (χ4n) is 2.59. The topological polar surface area (TPSA) is 77.5 Å². The van der Waals surface area contributed by atoms with E-state index in [1.807, 2.05) is 32.0 Å². The summed E-state index contributed by atoms with van der Waals surface area (Å²) >= 11 is 0. The summed E-state index contributed by atoms with van der Waals surface area (Å²) in [5.41, 5.74) is 2.41. The maximum Gasteiger partial charge on any atom is 0.437 e. The van der Waals surface area contributed by atoms with E-state index < -0.39 is 17.7 Å². The van der Waals surface area contributed by atoms with Gasteiger partial charge in [0.15, 0.2) is 0 Å². The maximum atomic E-state index is 13.0. The van der Waals surface area contributed by atoms with E-state index in [4.69, 9.17) is 9.15 Å². The van der Waals surface area contributed by atoms with Gasteiger partial charge in [-0.2, -0.15) is 4.68 Å². The first-order valence-corrected chi connectivity index (χ1v) is 8.15. The molecule has 0 fully saturated rings. The molecule has 0 aliphatic carbocycles. The second-order valence-corrected chi connectivity index (χ2v) is 6.05. The third-order valence-corrected chi connectivity index (χ3v) is 3.91. The fraction of sp³-hybridized carbons (Fsp3) is 0.263. The summed E-state index contributed by atoms with van der Waals surface area (Å²) in [6, 6.07) is 11.2. The quantitative estimate of drug-likeness (QED) is 0.733. The molecule has 0 spiro atoms. The van der Waals surface area contributed by atoms with Crippen LogP contribution in [0, 0.1) is 19.7 Å². The zero-order valence-electron chi connectivity index (χ0n) is 14.5. The van der Waals surface area contributed by atoms with Crippen LogP contribution in [0.1, 0.15) is 11.1 Å². The number of halogens is 1. The standard InChI is InChI=1S/C19H19FN2O4/c1-12-4-3-5-13(2)17(12)25-11-16(23)10-22-19(24)26-18(21-22)14-6-8-15(20)9-7-14/h3-9,16,23H,10-11H2,1-2H3. The minimum atomic E-state index is -0.946. The van der Waals surface area contributed by atoms with E-state index in [0.717, 1.165) is 15.8 Å². The molecule has 0 saturated heterocycles. The lowest BCUT2D eigenvalue weighted by atomic mass is 10.1. The van der Waals surface area contributed by atoms with E-state index >= 15 is 0 Å². The highest BCUT2D eigenvalue weighted by Gasteiger charge is 2.15. The van der Waals surface area contributed by atoms with Gasteiger partial charge in [0.1, 0.15) is 24.3 Å². The highest BCUT2D eigenvalue weighted by Crippen LogP contribution is 2.22. The molecule has 0 radical (unpaired) electrons. The van der Waals surface area contributed by atoms with Crippen LogP contribution in [-0.2, 0) is 6.54 Å². The van der Waals surface area contributed by atoms with Crippen LogP contribution in [0.3, 0.4) is 0 Å². The predicted molar refractivity (Wildman–Crippen MR) is 93.6 cm³/mol. The second kappa shape index (κ2) is 7.53. The highest BCUT2D eigenvalue weighted by atomic mass is 19.1. The molecule has 0 bridgehead atoms. The van der Waals surface area contributed by atoms with Crippen molar-refractivity contribution in [3.05, 3.63) is 70.0 Å². The van der Waals surface area contributed by atoms with Gasteiger partial charge in [-0.05, 0) is 49.2 Å². The average molecular weight is 358 g/mol. The van der Waals surface area contributed by atoms with Gasteiger partial charge in [0.25, 0.3) is 0 Å². The van der Waals surface area contributed by atoms with Gasteiger partial charge < -0.3 is 14.3 Å². The highest BCUT2D eigenvalue weighted by molar-refractivity contribution is 5.51. The van der Waals surface area contributed by atoms with E-state index in [-0.39, 0.29) is 19.0 Å². The number of aromatic nitrogens is 2. The number of aliphatic hydroxyl groups is 1. The molecule has 1 atom stereocenters. The Morgan fingerprint density at radius 1 is 1.19 bits per heavy atom. The lowest BCUT2D eigenvalue weighted by Gasteiger charge is -2.15. The smallest absolute Gasteiger partial charge is 0.437 e. The van der Waals surface area contributed by atoms with Gasteiger partial charge >= 0.3 is 5.76 Å². The van der Waals surface area contributed by atoms with Crippen LogP contribution in [0.2, 0.25) is 0 Å². The number of para-hydroxylation sites is 1. The number of hydrogen-bond acceptors (Lipinski definition) is 5. The summed E-state index contributed by atoms with van der Waals surface area (Å²) < 4.78 is 24.7. The summed E-state index contributed by atoms with van der Waals surface area (Å²) in [5.74, 6) is -0.311. The van der Waals surface area contributed by atoms with Gasteiger partial charge in [0.05, 0.1) is 6.54 Å². The number of rotatable bonds is 6. The number of aryl methyl sites for hydroxylation is 2. The van der Waals surface area contributed by atoms with Gasteiger partial charge in [-0.3, -0.25) is 0 Å². The normalized spacial score (nSPS) is 12.2. The van der Waals surface area contributed by atoms with Gasteiger partial charge in [0.2, 0.25) is 5.89 Å². The fourth-order valence-corrected chi connectivity index (χ4v) is 2.59. The van der Waals surface area contributed by atoms with E-state index in [2.05, 4.69) is 5.10 Å². The van der Waals surface area contributed by atoms with Crippen molar-refractivity contribution >= 4 is 0 Å². The molecule has 3 aromatic rings. The molecule has 0 amide bonds. The first kappa shape index (κ1) is 17.9. The van der Waals surface area contributed by atoms with Crippen molar-refractivity contribution in [1.29, 1.82) is 0 Å². The van der Waals surface area contributed by atoms with E-state index in [1.54, 1.807) is 0 Å². The molecule has 0 aliphatic rings. The van der Waals surface area contributed by atoms with Gasteiger partial charge in [0, 0.05) is 5.56 Å². The maximum absolute atomic E-state index is 13.0. The molecule has 1 N–H and O–H groups in total. The largest absolute Gasteiger partial charge is 0.490 e. The number of aliphatic hydroxyl groups excluding tert-OH is 1. The molecule has 1 unspecified atom stereocenters. The molecule has 0 saturated carbocycles. The zero-order chi connectivity index (χ0) is 18.7. The molecule has 6 nitrogen and oxygen atoms in total. The molecule has 0 aliphatic heterocycles. The predicted octanol–water partition coefficient (Wildman–Crippen LogP) is 2.70. The summed E-state index contributed by atoms with van der Waals surface area (Å²) in [6.07, 6.45) is -0.946. The minimum absolute atomic E-state index is 0.0108. The van der Waals surface area contributed by atoms with Crippen molar-refractivity contribution in [3.63, 3.8) is 0 Å². The van der Waals surface area contributed by atoms with E-state index in [9.17, 15) is 14.3 Å². The second-order valence-electron chi connectivity index (χ2n) is 6.05. The summed E-state index contributed by atoms with van der Waals surface area (Å²) in [7, 11) is 0. The first-order valence-electron chi connectivity index (χ1n) is 8.15. The molecular formula is C19H19FN2O4. The molecule has 1 heterocycles. The van der Waals surface area contributed by atoms with Crippen LogP contribution in [0.25, 0.3) is 11.5 Å².